The lowest BCUT2D eigenvalue weighted by Crippen LogP contribution is -2.55. The van der Waals surface area contributed by atoms with Crippen molar-refractivity contribution < 1.29 is 36.7 Å². The summed E-state index contributed by atoms with van der Waals surface area (Å²) in [5, 5.41) is 14.8. The van der Waals surface area contributed by atoms with Crippen molar-refractivity contribution >= 4 is 45.2 Å². The van der Waals surface area contributed by atoms with Crippen LogP contribution in [0.15, 0.2) is 103 Å². The molecule has 0 unspecified atom stereocenters. The van der Waals surface area contributed by atoms with E-state index in [1.807, 2.05) is 81.4 Å². The molecule has 1 aliphatic heterocycles. The molecule has 0 radical (unpaired) electrons. The molecule has 0 bridgehead atoms. The molecule has 1 fully saturated rings. The van der Waals surface area contributed by atoms with Crippen molar-refractivity contribution in [1.29, 1.82) is 0 Å². The molecule has 4 amide bonds. The molecule has 1 saturated heterocycles. The van der Waals surface area contributed by atoms with Crippen LogP contribution in [0.3, 0.4) is 0 Å². The van der Waals surface area contributed by atoms with Gasteiger partial charge in [-0.15, -0.1) is 0 Å². The van der Waals surface area contributed by atoms with Gasteiger partial charge in [0.05, 0.1) is 36.7 Å². The summed E-state index contributed by atoms with van der Waals surface area (Å²) in [6.07, 6.45) is 0.343. The third-order valence-corrected chi connectivity index (χ3v) is 12.1. The summed E-state index contributed by atoms with van der Waals surface area (Å²) < 4.78 is 50.9. The number of ether oxygens (including phenoxy) is 1. The number of amides is 4. The van der Waals surface area contributed by atoms with Gasteiger partial charge in [-0.05, 0) is 86.7 Å². The number of morpholine rings is 1. The maximum atomic E-state index is 14.5. The van der Waals surface area contributed by atoms with Gasteiger partial charge in [0.25, 0.3) is 11.8 Å². The van der Waals surface area contributed by atoms with Crippen LogP contribution in [0.2, 0.25) is 0 Å². The van der Waals surface area contributed by atoms with Crippen LogP contribution in [0, 0.1) is 11.7 Å². The molecule has 1 heterocycles. The molecule has 4 atom stereocenters. The topological polar surface area (TPSA) is 178 Å². The second kappa shape index (κ2) is 21.7. The summed E-state index contributed by atoms with van der Waals surface area (Å²) >= 11 is 0. The summed E-state index contributed by atoms with van der Waals surface area (Å²) in [5.74, 6) is -2.62. The SMILES string of the molecule is CCNC(=O)[C@@H](NC(=O)[C@H](C)NC[C@H](Cc1ccccc1)NC(=O)c1cc(C(=O)N[C@H](C)c2ccccc2)cc(N(c2ccc(F)cc2)S(=O)(=O)N2CCOCC2)c1)C(C)C. The molecule has 0 aromatic heterocycles. The highest BCUT2D eigenvalue weighted by molar-refractivity contribution is 7.90. The molecule has 16 heteroatoms. The zero-order valence-corrected chi connectivity index (χ0v) is 36.0. The molecule has 5 N–H and O–H groups in total. The van der Waals surface area contributed by atoms with E-state index in [1.54, 1.807) is 13.8 Å². The zero-order chi connectivity index (χ0) is 44.1. The number of anilines is 2. The standard InChI is InChI=1S/C45H56FN7O7S/c1-6-47-45(57)41(30(2)3)51-42(54)32(5)48-29-38(25-33-13-9-7-10-14-33)50-44(56)36-26-35(43(55)49-31(4)34-15-11-8-12-16-34)27-40(28-36)53(39-19-17-37(46)18-20-39)61(58,59)52-21-23-60-24-22-52/h7-20,26-28,30-32,38,41,48H,6,21-25,29H2,1-5H3,(H,47,57)(H,49,55)(H,50,56)(H,51,54)/t31-,32+,38+,41+/m1/s1. The predicted molar refractivity (Wildman–Crippen MR) is 233 cm³/mol. The Balaban J connectivity index is 1.51. The Kier molecular flexibility index (Phi) is 16.5. The monoisotopic (exact) mass is 857 g/mol. The summed E-state index contributed by atoms with van der Waals surface area (Å²) in [6.45, 7) is 9.92. The number of rotatable bonds is 19. The number of nitrogens with one attached hydrogen (secondary N) is 5. The Bertz CT molecular complexity index is 2210. The van der Waals surface area contributed by atoms with Gasteiger partial charge in [0.15, 0.2) is 0 Å². The molecule has 0 spiro atoms. The summed E-state index contributed by atoms with van der Waals surface area (Å²) in [4.78, 5) is 54.5. The van der Waals surface area contributed by atoms with Crippen molar-refractivity contribution in [2.24, 2.45) is 5.92 Å². The number of nitrogens with zero attached hydrogens (tertiary/aromatic N) is 2. The maximum absolute atomic E-state index is 14.5. The molecule has 4 aromatic rings. The first-order chi connectivity index (χ1) is 29.2. The van der Waals surface area contributed by atoms with Gasteiger partial charge in [-0.25, -0.2) is 8.70 Å². The first-order valence-electron chi connectivity index (χ1n) is 20.5. The fourth-order valence-corrected chi connectivity index (χ4v) is 8.43. The van der Waals surface area contributed by atoms with Crippen molar-refractivity contribution in [1.82, 2.24) is 30.9 Å². The molecule has 0 aliphatic carbocycles. The third-order valence-electron chi connectivity index (χ3n) is 10.2. The van der Waals surface area contributed by atoms with Gasteiger partial charge in [0.1, 0.15) is 11.9 Å². The van der Waals surface area contributed by atoms with Crippen molar-refractivity contribution in [3.05, 3.63) is 131 Å². The number of benzene rings is 4. The number of hydrogen-bond acceptors (Lipinski definition) is 8. The molecular formula is C45H56FN7O7S. The first kappa shape index (κ1) is 46.4. The molecule has 61 heavy (non-hydrogen) atoms. The largest absolute Gasteiger partial charge is 0.379 e. The Hall–Kier alpha value is -5.68. The van der Waals surface area contributed by atoms with E-state index in [-0.39, 0.29) is 67.2 Å². The van der Waals surface area contributed by atoms with Gasteiger partial charge >= 0.3 is 10.2 Å². The average molecular weight is 858 g/mol. The zero-order valence-electron chi connectivity index (χ0n) is 35.2. The van der Waals surface area contributed by atoms with E-state index in [9.17, 15) is 32.0 Å². The number of carbonyl (C=O) groups excluding carboxylic acids is 4. The van der Waals surface area contributed by atoms with Crippen molar-refractivity contribution in [3.63, 3.8) is 0 Å². The van der Waals surface area contributed by atoms with Crippen molar-refractivity contribution in [2.75, 3.05) is 43.7 Å². The minimum absolute atomic E-state index is 0.00423. The smallest absolute Gasteiger partial charge is 0.308 e. The van der Waals surface area contributed by atoms with Crippen LogP contribution in [-0.2, 0) is 31.0 Å². The molecule has 0 saturated carbocycles. The quantitative estimate of drug-likeness (QED) is 0.0907. The van der Waals surface area contributed by atoms with Crippen LogP contribution in [0.4, 0.5) is 15.8 Å². The van der Waals surface area contributed by atoms with E-state index >= 15 is 0 Å². The van der Waals surface area contributed by atoms with Gasteiger partial charge in [0, 0.05) is 43.3 Å². The Morgan fingerprint density at radius 2 is 1.34 bits per heavy atom. The molecule has 5 rings (SSSR count). The number of carbonyl (C=O) groups is 4. The molecule has 4 aromatic carbocycles. The summed E-state index contributed by atoms with van der Waals surface area (Å²) in [7, 11) is -4.38. The van der Waals surface area contributed by atoms with Gasteiger partial charge in [0.2, 0.25) is 11.8 Å². The fourth-order valence-electron chi connectivity index (χ4n) is 6.83. The Morgan fingerprint density at radius 1 is 0.754 bits per heavy atom. The van der Waals surface area contributed by atoms with E-state index < -0.39 is 57.9 Å². The van der Waals surface area contributed by atoms with Crippen LogP contribution >= 0.6 is 0 Å². The molecule has 326 valence electrons. The van der Waals surface area contributed by atoms with Crippen LogP contribution in [0.25, 0.3) is 0 Å². The average Bonchev–Trinajstić information content (AvgIpc) is 3.25. The van der Waals surface area contributed by atoms with Gasteiger partial charge in [-0.3, -0.25) is 19.2 Å². The molecule has 1 aliphatic rings. The van der Waals surface area contributed by atoms with Crippen LogP contribution in [0.5, 0.6) is 0 Å². The lowest BCUT2D eigenvalue weighted by Gasteiger charge is -2.33. The lowest BCUT2D eigenvalue weighted by molar-refractivity contribution is -0.130. The minimum atomic E-state index is -4.38. The highest BCUT2D eigenvalue weighted by atomic mass is 32.2. The van der Waals surface area contributed by atoms with Crippen molar-refractivity contribution in [3.8, 4) is 0 Å². The van der Waals surface area contributed by atoms with E-state index in [4.69, 9.17) is 4.74 Å². The summed E-state index contributed by atoms with van der Waals surface area (Å²) in [5.41, 5.74) is 1.76. The Morgan fingerprint density at radius 3 is 1.93 bits per heavy atom. The van der Waals surface area contributed by atoms with Crippen LogP contribution < -0.4 is 30.9 Å². The first-order valence-corrected chi connectivity index (χ1v) is 21.9. The number of hydrogen-bond donors (Lipinski definition) is 5. The number of likely N-dealkylation sites (N-methyl/N-ethyl adjacent to an activating group) is 1. The maximum Gasteiger partial charge on any atom is 0.308 e. The second-order valence-corrected chi connectivity index (χ2v) is 17.0. The van der Waals surface area contributed by atoms with Crippen LogP contribution in [-0.4, -0.2) is 93.9 Å². The molecule has 14 nitrogen and oxygen atoms in total. The van der Waals surface area contributed by atoms with Crippen molar-refractivity contribution in [2.45, 2.75) is 65.2 Å². The van der Waals surface area contributed by atoms with Gasteiger partial charge < -0.3 is 31.3 Å². The lowest BCUT2D eigenvalue weighted by atomic mass is 10.0. The highest BCUT2D eigenvalue weighted by Crippen LogP contribution is 2.33. The normalized spacial score (nSPS) is 15.2. The van der Waals surface area contributed by atoms with Gasteiger partial charge in [-0.2, -0.15) is 12.7 Å². The number of halogens is 1. The fraction of sp³-hybridized carbons (Fsp3) is 0.378. The summed E-state index contributed by atoms with van der Waals surface area (Å²) in [6, 6.07) is 25.2. The van der Waals surface area contributed by atoms with E-state index in [1.165, 1.54) is 34.6 Å². The highest BCUT2D eigenvalue weighted by Gasteiger charge is 2.34. The van der Waals surface area contributed by atoms with Gasteiger partial charge in [-0.1, -0.05) is 74.5 Å². The second-order valence-electron chi connectivity index (χ2n) is 15.2. The van der Waals surface area contributed by atoms with E-state index in [0.29, 0.717) is 13.0 Å². The van der Waals surface area contributed by atoms with Crippen LogP contribution in [0.1, 0.15) is 72.5 Å². The Labute approximate surface area is 357 Å². The molecular weight excluding hydrogens is 802 g/mol. The van der Waals surface area contributed by atoms with E-state index in [2.05, 4.69) is 26.6 Å². The minimum Gasteiger partial charge on any atom is -0.379 e. The predicted octanol–water partition coefficient (Wildman–Crippen LogP) is 4.63. The van der Waals surface area contributed by atoms with E-state index in [0.717, 1.165) is 27.6 Å². The third kappa shape index (κ3) is 12.7.